The van der Waals surface area contributed by atoms with E-state index in [9.17, 15) is 14.4 Å². The number of ether oxygens (including phenoxy) is 1. The van der Waals surface area contributed by atoms with Crippen LogP contribution in [0.5, 0.6) is 5.75 Å². The first-order chi connectivity index (χ1) is 11.6. The SMILES string of the molecule is COc1ccc(C[C@@H]2C(=O)NC(=O)N(c3ccccc3)C2=O)cc1. The number of nitrogens with one attached hydrogen (secondary N) is 1. The van der Waals surface area contributed by atoms with Gasteiger partial charge in [0.2, 0.25) is 11.8 Å². The lowest BCUT2D eigenvalue weighted by molar-refractivity contribution is -0.134. The van der Waals surface area contributed by atoms with E-state index in [1.165, 1.54) is 0 Å². The molecule has 0 spiro atoms. The quantitative estimate of drug-likeness (QED) is 0.874. The van der Waals surface area contributed by atoms with Crippen LogP contribution in [0.15, 0.2) is 54.6 Å². The van der Waals surface area contributed by atoms with E-state index in [0.29, 0.717) is 11.4 Å². The highest BCUT2D eigenvalue weighted by molar-refractivity contribution is 6.27. The molecule has 0 aliphatic carbocycles. The first-order valence-electron chi connectivity index (χ1n) is 7.47. The van der Waals surface area contributed by atoms with E-state index in [0.717, 1.165) is 10.5 Å². The van der Waals surface area contributed by atoms with E-state index in [4.69, 9.17) is 4.74 Å². The average Bonchev–Trinajstić information content (AvgIpc) is 2.60. The van der Waals surface area contributed by atoms with Crippen LogP contribution in [0, 0.1) is 5.92 Å². The zero-order chi connectivity index (χ0) is 17.1. The Morgan fingerprint density at radius 1 is 1.00 bits per heavy atom. The van der Waals surface area contributed by atoms with E-state index < -0.39 is 23.8 Å². The lowest BCUT2D eigenvalue weighted by Gasteiger charge is -2.30. The predicted molar refractivity (Wildman–Crippen MR) is 87.7 cm³/mol. The molecule has 1 saturated heterocycles. The molecule has 2 aromatic rings. The van der Waals surface area contributed by atoms with Crippen molar-refractivity contribution in [2.75, 3.05) is 12.0 Å². The Labute approximate surface area is 139 Å². The molecule has 1 aliphatic rings. The molecular weight excluding hydrogens is 308 g/mol. The Kier molecular flexibility index (Phi) is 4.29. The van der Waals surface area contributed by atoms with Gasteiger partial charge >= 0.3 is 6.03 Å². The van der Waals surface area contributed by atoms with Crippen molar-refractivity contribution in [1.82, 2.24) is 5.32 Å². The lowest BCUT2D eigenvalue weighted by atomic mass is 9.95. The normalized spacial score (nSPS) is 17.6. The van der Waals surface area contributed by atoms with Gasteiger partial charge in [0, 0.05) is 0 Å². The Morgan fingerprint density at radius 2 is 1.67 bits per heavy atom. The molecule has 1 N–H and O–H groups in total. The summed E-state index contributed by atoms with van der Waals surface area (Å²) in [7, 11) is 1.57. The molecule has 0 unspecified atom stereocenters. The number of anilines is 1. The van der Waals surface area contributed by atoms with Gasteiger partial charge in [-0.05, 0) is 36.2 Å². The third kappa shape index (κ3) is 2.99. The maximum absolute atomic E-state index is 12.7. The van der Waals surface area contributed by atoms with Crippen LogP contribution in [0.25, 0.3) is 0 Å². The molecule has 0 aromatic heterocycles. The Morgan fingerprint density at radius 3 is 2.29 bits per heavy atom. The summed E-state index contributed by atoms with van der Waals surface area (Å²) < 4.78 is 5.09. The minimum Gasteiger partial charge on any atom is -0.497 e. The molecule has 6 heteroatoms. The molecular formula is C18H16N2O4. The standard InChI is InChI=1S/C18H16N2O4/c1-24-14-9-7-12(8-10-14)11-15-16(21)19-18(23)20(17(15)22)13-5-3-2-4-6-13/h2-10,15H,11H2,1H3,(H,19,21,23)/t15-/m1/s1. The number of para-hydroxylation sites is 1. The number of carbonyl (C=O) groups excluding carboxylic acids is 3. The van der Waals surface area contributed by atoms with Gasteiger partial charge in [-0.3, -0.25) is 14.9 Å². The molecule has 2 aromatic carbocycles. The number of rotatable bonds is 4. The highest BCUT2D eigenvalue weighted by atomic mass is 16.5. The summed E-state index contributed by atoms with van der Waals surface area (Å²) in [6, 6.07) is 14.9. The summed E-state index contributed by atoms with van der Waals surface area (Å²) in [6.07, 6.45) is 0.214. The summed E-state index contributed by atoms with van der Waals surface area (Å²) in [5.41, 5.74) is 1.25. The third-order valence-corrected chi connectivity index (χ3v) is 3.88. The minimum atomic E-state index is -0.948. The number of hydrogen-bond acceptors (Lipinski definition) is 4. The number of barbiturate groups is 1. The van der Waals surface area contributed by atoms with Crippen molar-refractivity contribution >= 4 is 23.5 Å². The van der Waals surface area contributed by atoms with E-state index in [1.807, 2.05) is 0 Å². The molecule has 1 heterocycles. The van der Waals surface area contributed by atoms with E-state index >= 15 is 0 Å². The molecule has 4 amide bonds. The number of hydrogen-bond donors (Lipinski definition) is 1. The number of carbonyl (C=O) groups is 3. The molecule has 1 atom stereocenters. The fraction of sp³-hybridized carbons (Fsp3) is 0.167. The Bertz CT molecular complexity index is 771. The third-order valence-electron chi connectivity index (χ3n) is 3.88. The van der Waals surface area contributed by atoms with Gasteiger partial charge in [-0.1, -0.05) is 30.3 Å². The van der Waals surface area contributed by atoms with Crippen LogP contribution in [0.1, 0.15) is 5.56 Å². The van der Waals surface area contributed by atoms with Crippen molar-refractivity contribution in [1.29, 1.82) is 0 Å². The van der Waals surface area contributed by atoms with Crippen LogP contribution in [-0.2, 0) is 16.0 Å². The molecule has 122 valence electrons. The second-order valence-corrected chi connectivity index (χ2v) is 5.41. The fourth-order valence-corrected chi connectivity index (χ4v) is 2.62. The summed E-state index contributed by atoms with van der Waals surface area (Å²) in [6.45, 7) is 0. The Hall–Kier alpha value is -3.15. The van der Waals surface area contributed by atoms with Crippen LogP contribution in [0.4, 0.5) is 10.5 Å². The van der Waals surface area contributed by atoms with Crippen molar-refractivity contribution in [2.24, 2.45) is 5.92 Å². The van der Waals surface area contributed by atoms with Gasteiger partial charge < -0.3 is 4.74 Å². The largest absolute Gasteiger partial charge is 0.497 e. The van der Waals surface area contributed by atoms with Crippen LogP contribution in [0.3, 0.4) is 0 Å². The van der Waals surface area contributed by atoms with E-state index in [-0.39, 0.29) is 6.42 Å². The van der Waals surface area contributed by atoms with Gasteiger partial charge in [-0.15, -0.1) is 0 Å². The van der Waals surface area contributed by atoms with Crippen molar-refractivity contribution in [3.63, 3.8) is 0 Å². The molecule has 6 nitrogen and oxygen atoms in total. The number of methoxy groups -OCH3 is 1. The zero-order valence-electron chi connectivity index (χ0n) is 13.1. The molecule has 1 fully saturated rings. The smallest absolute Gasteiger partial charge is 0.335 e. The van der Waals surface area contributed by atoms with Crippen LogP contribution >= 0.6 is 0 Å². The predicted octanol–water partition coefficient (Wildman–Crippen LogP) is 2.14. The topological polar surface area (TPSA) is 75.7 Å². The number of imide groups is 2. The highest BCUT2D eigenvalue weighted by Crippen LogP contribution is 2.23. The van der Waals surface area contributed by atoms with Gasteiger partial charge in [0.15, 0.2) is 0 Å². The summed E-state index contributed by atoms with van der Waals surface area (Å²) in [4.78, 5) is 37.9. The molecule has 0 bridgehead atoms. The first-order valence-corrected chi connectivity index (χ1v) is 7.47. The summed E-state index contributed by atoms with van der Waals surface area (Å²) in [5, 5.41) is 2.25. The fourth-order valence-electron chi connectivity index (χ4n) is 2.62. The molecule has 0 saturated carbocycles. The zero-order valence-corrected chi connectivity index (χ0v) is 13.1. The second kappa shape index (κ2) is 6.54. The second-order valence-electron chi connectivity index (χ2n) is 5.41. The Balaban J connectivity index is 1.85. The minimum absolute atomic E-state index is 0.214. The summed E-state index contributed by atoms with van der Waals surface area (Å²) >= 11 is 0. The number of benzene rings is 2. The molecule has 3 rings (SSSR count). The monoisotopic (exact) mass is 324 g/mol. The van der Waals surface area contributed by atoms with Gasteiger partial charge in [0.05, 0.1) is 12.8 Å². The highest BCUT2D eigenvalue weighted by Gasteiger charge is 2.41. The first kappa shape index (κ1) is 15.7. The maximum atomic E-state index is 12.7. The molecule has 24 heavy (non-hydrogen) atoms. The lowest BCUT2D eigenvalue weighted by Crippen LogP contribution is -2.58. The number of nitrogens with zero attached hydrogens (tertiary/aromatic N) is 1. The van der Waals surface area contributed by atoms with Crippen molar-refractivity contribution in [3.05, 3.63) is 60.2 Å². The van der Waals surface area contributed by atoms with Crippen LogP contribution < -0.4 is 15.0 Å². The summed E-state index contributed by atoms with van der Waals surface area (Å²) in [5.74, 6) is -1.35. The van der Waals surface area contributed by atoms with E-state index in [1.54, 1.807) is 61.7 Å². The van der Waals surface area contributed by atoms with Crippen LogP contribution in [0.2, 0.25) is 0 Å². The van der Waals surface area contributed by atoms with Crippen molar-refractivity contribution < 1.29 is 19.1 Å². The average molecular weight is 324 g/mol. The van der Waals surface area contributed by atoms with Crippen LogP contribution in [-0.4, -0.2) is 25.0 Å². The van der Waals surface area contributed by atoms with Crippen molar-refractivity contribution in [3.8, 4) is 5.75 Å². The molecule has 0 radical (unpaired) electrons. The molecule has 1 aliphatic heterocycles. The number of amides is 4. The van der Waals surface area contributed by atoms with Gasteiger partial charge in [-0.25, -0.2) is 9.69 Å². The maximum Gasteiger partial charge on any atom is 0.335 e. The van der Waals surface area contributed by atoms with Gasteiger partial charge in [0.25, 0.3) is 0 Å². The van der Waals surface area contributed by atoms with Crippen molar-refractivity contribution in [2.45, 2.75) is 6.42 Å². The number of urea groups is 1. The van der Waals surface area contributed by atoms with E-state index in [2.05, 4.69) is 5.32 Å². The van der Waals surface area contributed by atoms with Gasteiger partial charge in [-0.2, -0.15) is 0 Å². The van der Waals surface area contributed by atoms with Gasteiger partial charge in [0.1, 0.15) is 11.7 Å².